The number of aromatic hydroxyl groups is 1. The van der Waals surface area contributed by atoms with Gasteiger partial charge in [-0.2, -0.15) is 0 Å². The third-order valence-electron chi connectivity index (χ3n) is 4.50. The van der Waals surface area contributed by atoms with Gasteiger partial charge in [0.15, 0.2) is 0 Å². The molecule has 0 amide bonds. The molecule has 0 aromatic heterocycles. The zero-order valence-corrected chi connectivity index (χ0v) is 14.5. The normalized spacial score (nSPS) is 11.1. The highest BCUT2D eigenvalue weighted by molar-refractivity contribution is 5.37. The van der Waals surface area contributed by atoms with Crippen LogP contribution in [0.15, 0.2) is 48.5 Å². The highest BCUT2D eigenvalue weighted by atomic mass is 16.3. The molecular weight excluding hydrogens is 282 g/mol. The van der Waals surface area contributed by atoms with Gasteiger partial charge in [0.1, 0.15) is 5.75 Å². The summed E-state index contributed by atoms with van der Waals surface area (Å²) in [6.45, 7) is 4.27. The summed E-state index contributed by atoms with van der Waals surface area (Å²) >= 11 is 0. The molecule has 0 aliphatic carbocycles. The molecule has 0 atom stereocenters. The van der Waals surface area contributed by atoms with Crippen LogP contribution in [0.5, 0.6) is 5.75 Å². The minimum Gasteiger partial charge on any atom is -0.508 e. The van der Waals surface area contributed by atoms with Crippen LogP contribution in [0.2, 0.25) is 0 Å². The fourth-order valence-electron chi connectivity index (χ4n) is 2.95. The Morgan fingerprint density at radius 3 is 2.35 bits per heavy atom. The van der Waals surface area contributed by atoms with Crippen LogP contribution in [0.25, 0.3) is 0 Å². The Labute approximate surface area is 140 Å². The van der Waals surface area contributed by atoms with Crippen LogP contribution < -0.4 is 0 Å². The van der Waals surface area contributed by atoms with E-state index in [9.17, 15) is 5.11 Å². The van der Waals surface area contributed by atoms with E-state index in [1.54, 1.807) is 6.07 Å². The van der Waals surface area contributed by atoms with Crippen molar-refractivity contribution < 1.29 is 5.11 Å². The van der Waals surface area contributed by atoms with Crippen molar-refractivity contribution in [2.45, 2.75) is 39.0 Å². The Morgan fingerprint density at radius 1 is 0.826 bits per heavy atom. The Morgan fingerprint density at radius 2 is 1.57 bits per heavy atom. The van der Waals surface area contributed by atoms with E-state index in [0.717, 1.165) is 31.5 Å². The minimum absolute atomic E-state index is 0.414. The summed E-state index contributed by atoms with van der Waals surface area (Å²) in [6, 6.07) is 16.5. The summed E-state index contributed by atoms with van der Waals surface area (Å²) in [7, 11) is 2.21. The number of hydrogen-bond donors (Lipinski definition) is 1. The predicted molar refractivity (Wildman–Crippen MR) is 98.0 cm³/mol. The predicted octanol–water partition coefficient (Wildman–Crippen LogP) is 4.59. The Hall–Kier alpha value is -1.80. The van der Waals surface area contributed by atoms with Gasteiger partial charge in [-0.1, -0.05) is 42.5 Å². The van der Waals surface area contributed by atoms with E-state index in [2.05, 4.69) is 48.3 Å². The van der Waals surface area contributed by atoms with Gasteiger partial charge in [0.05, 0.1) is 0 Å². The maximum Gasteiger partial charge on any atom is 0.118 e. The standard InChI is InChI=1S/C21H29NO/c1-18-20(13-8-15-21(18)23)14-9-17-22(2)16-7-6-12-19-10-4-3-5-11-19/h3-5,8,10-11,13,15,23H,6-7,9,12,14,16-17H2,1-2H3. The summed E-state index contributed by atoms with van der Waals surface area (Å²) in [5.74, 6) is 0.414. The van der Waals surface area contributed by atoms with Gasteiger partial charge in [0, 0.05) is 0 Å². The van der Waals surface area contributed by atoms with E-state index >= 15 is 0 Å². The number of nitrogens with zero attached hydrogens (tertiary/aromatic N) is 1. The molecule has 0 heterocycles. The van der Waals surface area contributed by atoms with Gasteiger partial charge < -0.3 is 10.0 Å². The van der Waals surface area contributed by atoms with Crippen LogP contribution in [-0.2, 0) is 12.8 Å². The van der Waals surface area contributed by atoms with Crippen LogP contribution in [0.1, 0.15) is 36.0 Å². The Balaban J connectivity index is 1.60. The number of hydrogen-bond acceptors (Lipinski definition) is 2. The van der Waals surface area contributed by atoms with Crippen LogP contribution >= 0.6 is 0 Å². The second-order valence-corrected chi connectivity index (χ2v) is 6.41. The van der Waals surface area contributed by atoms with Gasteiger partial charge in [0.2, 0.25) is 0 Å². The van der Waals surface area contributed by atoms with E-state index in [1.807, 2.05) is 13.0 Å². The maximum atomic E-state index is 9.74. The molecule has 0 aliphatic rings. The largest absolute Gasteiger partial charge is 0.508 e. The summed E-state index contributed by atoms with van der Waals surface area (Å²) in [5.41, 5.74) is 3.73. The summed E-state index contributed by atoms with van der Waals surface area (Å²) in [6.07, 6.45) is 5.85. The van der Waals surface area contributed by atoms with Crippen molar-refractivity contribution in [1.29, 1.82) is 0 Å². The molecule has 2 aromatic rings. The van der Waals surface area contributed by atoms with Gasteiger partial charge in [0.25, 0.3) is 0 Å². The zero-order chi connectivity index (χ0) is 16.5. The minimum atomic E-state index is 0.414. The molecule has 0 unspecified atom stereocenters. The lowest BCUT2D eigenvalue weighted by molar-refractivity contribution is 0.321. The van der Waals surface area contributed by atoms with Crippen LogP contribution in [0.3, 0.4) is 0 Å². The second-order valence-electron chi connectivity index (χ2n) is 6.41. The first-order valence-electron chi connectivity index (χ1n) is 8.67. The Bertz CT molecular complexity index is 580. The molecule has 2 rings (SSSR count). The van der Waals surface area contributed by atoms with Crippen LogP contribution in [0.4, 0.5) is 0 Å². The van der Waals surface area contributed by atoms with E-state index in [4.69, 9.17) is 0 Å². The molecule has 0 spiro atoms. The molecule has 2 heteroatoms. The van der Waals surface area contributed by atoms with Gasteiger partial charge in [-0.15, -0.1) is 0 Å². The summed E-state index contributed by atoms with van der Waals surface area (Å²) in [5, 5.41) is 9.74. The number of aryl methyl sites for hydroxylation is 2. The molecule has 2 aromatic carbocycles. The number of benzene rings is 2. The van der Waals surface area contributed by atoms with Gasteiger partial charge in [-0.05, 0) is 81.9 Å². The highest BCUT2D eigenvalue weighted by Crippen LogP contribution is 2.20. The molecule has 124 valence electrons. The first kappa shape index (κ1) is 17.6. The average molecular weight is 311 g/mol. The van der Waals surface area contributed by atoms with Gasteiger partial charge >= 0.3 is 0 Å². The lowest BCUT2D eigenvalue weighted by Gasteiger charge is -2.17. The molecule has 1 N–H and O–H groups in total. The Kier molecular flexibility index (Phi) is 7.15. The molecule has 0 radical (unpaired) electrons. The monoisotopic (exact) mass is 311 g/mol. The smallest absolute Gasteiger partial charge is 0.118 e. The van der Waals surface area contributed by atoms with Gasteiger partial charge in [-0.3, -0.25) is 0 Å². The second kappa shape index (κ2) is 9.36. The lowest BCUT2D eigenvalue weighted by atomic mass is 10.0. The van der Waals surface area contributed by atoms with E-state index < -0.39 is 0 Å². The molecule has 0 bridgehead atoms. The van der Waals surface area contributed by atoms with E-state index in [0.29, 0.717) is 5.75 Å². The fourth-order valence-corrected chi connectivity index (χ4v) is 2.95. The van der Waals surface area contributed by atoms with Crippen LogP contribution in [0, 0.1) is 6.92 Å². The number of rotatable bonds is 9. The fraction of sp³-hybridized carbons (Fsp3) is 0.429. The first-order valence-corrected chi connectivity index (χ1v) is 8.67. The van der Waals surface area contributed by atoms with Gasteiger partial charge in [-0.25, -0.2) is 0 Å². The lowest BCUT2D eigenvalue weighted by Crippen LogP contribution is -2.21. The SMILES string of the molecule is Cc1c(O)cccc1CCCN(C)CCCCc1ccccc1. The highest BCUT2D eigenvalue weighted by Gasteiger charge is 2.04. The molecule has 2 nitrogen and oxygen atoms in total. The number of unbranched alkanes of at least 4 members (excludes halogenated alkanes) is 1. The number of phenolic OH excluding ortho intramolecular Hbond substituents is 1. The van der Waals surface area contributed by atoms with E-state index in [-0.39, 0.29) is 0 Å². The molecular formula is C21H29NO. The van der Waals surface area contributed by atoms with Crippen molar-refractivity contribution in [1.82, 2.24) is 4.90 Å². The van der Waals surface area contributed by atoms with Crippen LogP contribution in [-0.4, -0.2) is 30.1 Å². The molecule has 0 fully saturated rings. The van der Waals surface area contributed by atoms with Crippen molar-refractivity contribution in [3.63, 3.8) is 0 Å². The van der Waals surface area contributed by atoms with Crippen molar-refractivity contribution in [2.75, 3.05) is 20.1 Å². The first-order chi connectivity index (χ1) is 11.2. The molecule has 23 heavy (non-hydrogen) atoms. The third kappa shape index (κ3) is 6.07. The third-order valence-corrected chi connectivity index (χ3v) is 4.50. The van der Waals surface area contributed by atoms with Crippen molar-refractivity contribution in [3.8, 4) is 5.75 Å². The quantitative estimate of drug-likeness (QED) is 0.685. The summed E-state index contributed by atoms with van der Waals surface area (Å²) < 4.78 is 0. The van der Waals surface area contributed by atoms with E-state index in [1.165, 1.54) is 30.4 Å². The van der Waals surface area contributed by atoms with Crippen molar-refractivity contribution in [3.05, 3.63) is 65.2 Å². The molecule has 0 aliphatic heterocycles. The molecule has 0 saturated heterocycles. The topological polar surface area (TPSA) is 23.5 Å². The van der Waals surface area contributed by atoms with Crippen molar-refractivity contribution in [2.24, 2.45) is 0 Å². The van der Waals surface area contributed by atoms with Crippen molar-refractivity contribution >= 4 is 0 Å². The summed E-state index contributed by atoms with van der Waals surface area (Å²) in [4.78, 5) is 2.42. The molecule has 0 saturated carbocycles. The average Bonchev–Trinajstić information content (AvgIpc) is 2.56. The zero-order valence-electron chi connectivity index (χ0n) is 14.5. The number of phenols is 1. The maximum absolute atomic E-state index is 9.74.